The number of halogens is 1. The number of fused-ring (bicyclic) bond motifs is 1. The molecule has 0 aliphatic carbocycles. The van der Waals surface area contributed by atoms with Crippen LogP contribution < -0.4 is 10.2 Å². The highest BCUT2D eigenvalue weighted by atomic mass is 19.1. The Morgan fingerprint density at radius 3 is 2.69 bits per heavy atom. The molecule has 0 amide bonds. The summed E-state index contributed by atoms with van der Waals surface area (Å²) >= 11 is 0. The average molecular weight is 350 g/mol. The second-order valence-electron chi connectivity index (χ2n) is 6.34. The standard InChI is InChI=1S/C20H19FN4O/c21-17-7-6-15-11-25(12-16(15)8-17)20-9-19(23-13-24-20)22-10-18(26)14-4-2-1-3-5-14/h1-9,13,18,26H,10-12H2,(H,22,23,24). The van der Waals surface area contributed by atoms with Crippen molar-refractivity contribution in [3.8, 4) is 0 Å². The first-order valence-electron chi connectivity index (χ1n) is 8.50. The molecule has 1 unspecified atom stereocenters. The van der Waals surface area contributed by atoms with Crippen LogP contribution in [0, 0.1) is 5.82 Å². The Balaban J connectivity index is 1.43. The summed E-state index contributed by atoms with van der Waals surface area (Å²) in [5, 5.41) is 13.4. The van der Waals surface area contributed by atoms with Crippen molar-refractivity contribution in [3.05, 3.63) is 83.4 Å². The highest BCUT2D eigenvalue weighted by molar-refractivity contribution is 5.52. The first-order chi connectivity index (χ1) is 12.7. The van der Waals surface area contributed by atoms with E-state index in [1.807, 2.05) is 42.5 Å². The maximum Gasteiger partial charge on any atom is 0.134 e. The molecule has 4 rings (SSSR count). The summed E-state index contributed by atoms with van der Waals surface area (Å²) in [5.41, 5.74) is 2.95. The van der Waals surface area contributed by atoms with Gasteiger partial charge in [-0.3, -0.25) is 0 Å². The number of nitrogens with zero attached hydrogens (tertiary/aromatic N) is 3. The van der Waals surface area contributed by atoms with Gasteiger partial charge < -0.3 is 15.3 Å². The van der Waals surface area contributed by atoms with Gasteiger partial charge in [0.15, 0.2) is 0 Å². The summed E-state index contributed by atoms with van der Waals surface area (Å²) in [4.78, 5) is 10.6. The smallest absolute Gasteiger partial charge is 0.134 e. The molecule has 2 heterocycles. The van der Waals surface area contributed by atoms with Gasteiger partial charge in [0.2, 0.25) is 0 Å². The third-order valence-corrected chi connectivity index (χ3v) is 4.53. The van der Waals surface area contributed by atoms with Crippen LogP contribution in [0.15, 0.2) is 60.9 Å². The molecular weight excluding hydrogens is 331 g/mol. The van der Waals surface area contributed by atoms with Gasteiger partial charge in [-0.05, 0) is 28.8 Å². The molecule has 0 saturated carbocycles. The van der Waals surface area contributed by atoms with Crippen molar-refractivity contribution in [2.24, 2.45) is 0 Å². The highest BCUT2D eigenvalue weighted by Crippen LogP contribution is 2.28. The molecule has 26 heavy (non-hydrogen) atoms. The summed E-state index contributed by atoms with van der Waals surface area (Å²) in [6, 6.07) is 16.2. The van der Waals surface area contributed by atoms with Gasteiger partial charge in [-0.25, -0.2) is 14.4 Å². The Morgan fingerprint density at radius 1 is 1.04 bits per heavy atom. The van der Waals surface area contributed by atoms with Gasteiger partial charge in [0.05, 0.1) is 6.10 Å². The third-order valence-electron chi connectivity index (χ3n) is 4.53. The summed E-state index contributed by atoms with van der Waals surface area (Å²) in [7, 11) is 0. The average Bonchev–Trinajstić information content (AvgIpc) is 3.10. The molecule has 6 heteroatoms. The normalized spacial score (nSPS) is 14.2. The Bertz CT molecular complexity index is 903. The maximum absolute atomic E-state index is 13.4. The maximum atomic E-state index is 13.4. The number of benzene rings is 2. The van der Waals surface area contributed by atoms with Crippen molar-refractivity contribution in [2.75, 3.05) is 16.8 Å². The SMILES string of the molecule is OC(CNc1cc(N2Cc3ccc(F)cc3C2)ncn1)c1ccccc1. The van der Waals surface area contributed by atoms with Gasteiger partial charge in [-0.1, -0.05) is 36.4 Å². The van der Waals surface area contributed by atoms with Crippen LogP contribution in [0.5, 0.6) is 0 Å². The van der Waals surface area contributed by atoms with Crippen molar-refractivity contribution < 1.29 is 9.50 Å². The summed E-state index contributed by atoms with van der Waals surface area (Å²) < 4.78 is 13.4. The van der Waals surface area contributed by atoms with Crippen molar-refractivity contribution in [1.29, 1.82) is 0 Å². The Labute approximate surface area is 151 Å². The van der Waals surface area contributed by atoms with Crippen molar-refractivity contribution in [2.45, 2.75) is 19.2 Å². The molecule has 1 aromatic heterocycles. The second-order valence-corrected chi connectivity index (χ2v) is 6.34. The molecule has 5 nitrogen and oxygen atoms in total. The number of nitrogens with one attached hydrogen (secondary N) is 1. The number of aliphatic hydroxyl groups is 1. The van der Waals surface area contributed by atoms with E-state index in [1.165, 1.54) is 12.4 Å². The Morgan fingerprint density at radius 2 is 1.85 bits per heavy atom. The van der Waals surface area contributed by atoms with Gasteiger partial charge in [-0.15, -0.1) is 0 Å². The van der Waals surface area contributed by atoms with Gasteiger partial charge in [0.25, 0.3) is 0 Å². The van der Waals surface area contributed by atoms with Crippen LogP contribution >= 0.6 is 0 Å². The second kappa shape index (κ2) is 7.09. The van der Waals surface area contributed by atoms with Gasteiger partial charge >= 0.3 is 0 Å². The van der Waals surface area contributed by atoms with E-state index in [4.69, 9.17) is 0 Å². The van der Waals surface area contributed by atoms with Crippen molar-refractivity contribution in [3.63, 3.8) is 0 Å². The molecule has 1 aliphatic rings. The van der Waals surface area contributed by atoms with Crippen LogP contribution in [0.4, 0.5) is 16.0 Å². The van der Waals surface area contributed by atoms with E-state index in [0.717, 1.165) is 22.5 Å². The third kappa shape index (κ3) is 3.50. The van der Waals surface area contributed by atoms with E-state index in [-0.39, 0.29) is 5.82 Å². The first-order valence-corrected chi connectivity index (χ1v) is 8.50. The molecule has 0 spiro atoms. The largest absolute Gasteiger partial charge is 0.387 e. The molecule has 0 fully saturated rings. The van der Waals surface area contributed by atoms with Gasteiger partial charge in [-0.2, -0.15) is 0 Å². The predicted octanol–water partition coefficient (Wildman–Crippen LogP) is 3.28. The quantitative estimate of drug-likeness (QED) is 0.739. The monoisotopic (exact) mass is 350 g/mol. The lowest BCUT2D eigenvalue weighted by Gasteiger charge is -2.18. The highest BCUT2D eigenvalue weighted by Gasteiger charge is 2.21. The molecule has 132 valence electrons. The molecule has 2 N–H and O–H groups in total. The molecule has 0 bridgehead atoms. The van der Waals surface area contributed by atoms with Crippen LogP contribution in [0.1, 0.15) is 22.8 Å². The van der Waals surface area contributed by atoms with E-state index in [9.17, 15) is 9.50 Å². The zero-order valence-corrected chi connectivity index (χ0v) is 14.1. The summed E-state index contributed by atoms with van der Waals surface area (Å²) in [6.07, 6.45) is 0.879. The number of aliphatic hydroxyl groups excluding tert-OH is 1. The minimum atomic E-state index is -0.617. The van der Waals surface area contributed by atoms with Crippen LogP contribution in [0.3, 0.4) is 0 Å². The van der Waals surface area contributed by atoms with E-state index in [2.05, 4.69) is 20.2 Å². The molecule has 1 aliphatic heterocycles. The Kier molecular flexibility index (Phi) is 4.50. The minimum Gasteiger partial charge on any atom is -0.387 e. The number of aromatic nitrogens is 2. The van der Waals surface area contributed by atoms with Crippen molar-refractivity contribution in [1.82, 2.24) is 9.97 Å². The van der Waals surface area contributed by atoms with E-state index in [0.29, 0.717) is 25.5 Å². The van der Waals surface area contributed by atoms with Gasteiger partial charge in [0.1, 0.15) is 23.8 Å². The number of rotatable bonds is 5. The molecule has 0 saturated heterocycles. The predicted molar refractivity (Wildman–Crippen MR) is 98.2 cm³/mol. The van der Waals surface area contributed by atoms with Crippen LogP contribution in [-0.4, -0.2) is 21.6 Å². The van der Waals surface area contributed by atoms with Crippen molar-refractivity contribution >= 4 is 11.6 Å². The zero-order chi connectivity index (χ0) is 17.9. The first kappa shape index (κ1) is 16.5. The summed E-state index contributed by atoms with van der Waals surface area (Å²) in [5.74, 6) is 1.20. The van der Waals surface area contributed by atoms with E-state index < -0.39 is 6.10 Å². The lowest BCUT2D eigenvalue weighted by Crippen LogP contribution is -2.17. The molecule has 3 aromatic rings. The van der Waals surface area contributed by atoms with E-state index in [1.54, 1.807) is 6.07 Å². The van der Waals surface area contributed by atoms with Crippen LogP contribution in [0.2, 0.25) is 0 Å². The zero-order valence-electron chi connectivity index (χ0n) is 14.1. The molecule has 0 radical (unpaired) electrons. The summed E-state index contributed by atoms with van der Waals surface area (Å²) in [6.45, 7) is 1.67. The Hall–Kier alpha value is -2.99. The van der Waals surface area contributed by atoms with E-state index >= 15 is 0 Å². The van der Waals surface area contributed by atoms with Gasteiger partial charge in [0, 0.05) is 25.7 Å². The number of anilines is 2. The fourth-order valence-electron chi connectivity index (χ4n) is 3.14. The van der Waals surface area contributed by atoms with Crippen LogP contribution in [-0.2, 0) is 13.1 Å². The topological polar surface area (TPSA) is 61.3 Å². The van der Waals surface area contributed by atoms with Crippen LogP contribution in [0.25, 0.3) is 0 Å². The molecule has 2 aromatic carbocycles. The number of hydrogen-bond donors (Lipinski definition) is 2. The molecular formula is C20H19FN4O. The fraction of sp³-hybridized carbons (Fsp3) is 0.200. The minimum absolute atomic E-state index is 0.217. The lowest BCUT2D eigenvalue weighted by atomic mass is 10.1. The fourth-order valence-corrected chi connectivity index (χ4v) is 3.14. The lowest BCUT2D eigenvalue weighted by molar-refractivity contribution is 0.191. The number of hydrogen-bond acceptors (Lipinski definition) is 5. The molecule has 1 atom stereocenters.